The maximum absolute atomic E-state index is 6.44. The van der Waals surface area contributed by atoms with Crippen molar-refractivity contribution in [1.29, 1.82) is 0 Å². The predicted octanol–water partition coefficient (Wildman–Crippen LogP) is 13.8. The van der Waals surface area contributed by atoms with Crippen LogP contribution in [-0.2, 0) is 0 Å². The van der Waals surface area contributed by atoms with Gasteiger partial charge in [-0.2, -0.15) is 0 Å². The molecule has 12 aromatic rings. The van der Waals surface area contributed by atoms with E-state index >= 15 is 0 Å². The highest BCUT2D eigenvalue weighted by atomic mass is 32.1. The van der Waals surface area contributed by atoms with E-state index in [0.29, 0.717) is 17.5 Å². The summed E-state index contributed by atoms with van der Waals surface area (Å²) in [6.45, 7) is 0. The predicted molar refractivity (Wildman–Crippen MR) is 242 cm³/mol. The molecule has 0 fully saturated rings. The fourth-order valence-electron chi connectivity index (χ4n) is 8.40. The van der Waals surface area contributed by atoms with Crippen LogP contribution in [0.25, 0.3) is 116 Å². The van der Waals surface area contributed by atoms with E-state index in [9.17, 15) is 0 Å². The Hall–Kier alpha value is -7.74. The van der Waals surface area contributed by atoms with Gasteiger partial charge < -0.3 is 4.42 Å². The molecule has 8 aromatic carbocycles. The van der Waals surface area contributed by atoms with Gasteiger partial charge in [0, 0.05) is 64.4 Å². The standard InChI is InChI=1S/C52H31N5OS/c1-3-15-32(16-4-1)49-54-50(34-18-11-17-33(31-34)36-22-12-23-38-37-21-7-10-29-44(37)58-47(36)38)56-51(55-49)40-25-14-30-45-46(40)39-24-13-26-41(48(39)59-45)52-53-42-27-8-9-28-43(42)57(52)35-19-5-2-6-20-35/h1-31H. The molecule has 0 aliphatic rings. The van der Waals surface area contributed by atoms with E-state index in [-0.39, 0.29) is 0 Å². The molecule has 0 radical (unpaired) electrons. The number of para-hydroxylation sites is 5. The number of furan rings is 1. The van der Waals surface area contributed by atoms with Crippen LogP contribution in [0.1, 0.15) is 0 Å². The minimum Gasteiger partial charge on any atom is -0.455 e. The van der Waals surface area contributed by atoms with Crippen LogP contribution in [0.2, 0.25) is 0 Å². The Morgan fingerprint density at radius 2 is 1.07 bits per heavy atom. The Morgan fingerprint density at radius 1 is 0.441 bits per heavy atom. The van der Waals surface area contributed by atoms with E-state index in [1.54, 1.807) is 11.3 Å². The van der Waals surface area contributed by atoms with Crippen molar-refractivity contribution >= 4 is 64.5 Å². The summed E-state index contributed by atoms with van der Waals surface area (Å²) in [6.07, 6.45) is 0. The monoisotopic (exact) mass is 773 g/mol. The first kappa shape index (κ1) is 33.4. The molecule has 0 aliphatic carbocycles. The first-order valence-corrected chi connectivity index (χ1v) is 20.4. The van der Waals surface area contributed by atoms with E-state index < -0.39 is 0 Å². The third-order valence-corrected chi connectivity index (χ3v) is 12.3. The van der Waals surface area contributed by atoms with E-state index in [2.05, 4.69) is 138 Å². The zero-order valence-corrected chi connectivity index (χ0v) is 32.3. The molecule has 0 saturated carbocycles. The number of aromatic nitrogens is 5. The van der Waals surface area contributed by atoms with Crippen LogP contribution in [0.15, 0.2) is 192 Å². The topological polar surface area (TPSA) is 69.6 Å². The van der Waals surface area contributed by atoms with Crippen molar-refractivity contribution in [2.75, 3.05) is 0 Å². The average Bonchev–Trinajstić information content (AvgIpc) is 4.01. The third kappa shape index (κ3) is 5.47. The fourth-order valence-corrected chi connectivity index (χ4v) is 9.64. The third-order valence-electron chi connectivity index (χ3n) is 11.1. The Balaban J connectivity index is 1.05. The summed E-state index contributed by atoms with van der Waals surface area (Å²) >= 11 is 1.78. The summed E-state index contributed by atoms with van der Waals surface area (Å²) in [5, 5.41) is 4.44. The van der Waals surface area contributed by atoms with Gasteiger partial charge in [-0.15, -0.1) is 11.3 Å². The molecule has 12 rings (SSSR count). The molecule has 0 bridgehead atoms. The van der Waals surface area contributed by atoms with Gasteiger partial charge in [0.2, 0.25) is 0 Å². The smallest absolute Gasteiger partial charge is 0.164 e. The lowest BCUT2D eigenvalue weighted by Gasteiger charge is -2.11. The fraction of sp³-hybridized carbons (Fsp3) is 0. The molecule has 276 valence electrons. The lowest BCUT2D eigenvalue weighted by atomic mass is 10.00. The van der Waals surface area contributed by atoms with Crippen LogP contribution in [-0.4, -0.2) is 24.5 Å². The van der Waals surface area contributed by atoms with Crippen LogP contribution < -0.4 is 0 Å². The van der Waals surface area contributed by atoms with Gasteiger partial charge in [0.05, 0.1) is 11.0 Å². The number of hydrogen-bond donors (Lipinski definition) is 0. The van der Waals surface area contributed by atoms with Gasteiger partial charge in [-0.25, -0.2) is 19.9 Å². The number of rotatable bonds is 6. The first-order chi connectivity index (χ1) is 29.2. The molecule has 7 heteroatoms. The molecule has 4 aromatic heterocycles. The summed E-state index contributed by atoms with van der Waals surface area (Å²) in [5.41, 5.74) is 10.7. The number of benzene rings is 8. The molecule has 0 unspecified atom stereocenters. The van der Waals surface area contributed by atoms with Gasteiger partial charge in [0.15, 0.2) is 17.5 Å². The van der Waals surface area contributed by atoms with Crippen LogP contribution in [0.4, 0.5) is 0 Å². The number of thiophene rings is 1. The highest BCUT2D eigenvalue weighted by molar-refractivity contribution is 7.26. The van der Waals surface area contributed by atoms with E-state index in [1.165, 1.54) is 0 Å². The summed E-state index contributed by atoms with van der Waals surface area (Å²) in [6, 6.07) is 64.8. The van der Waals surface area contributed by atoms with Crippen molar-refractivity contribution in [3.8, 4) is 62.4 Å². The molecular formula is C52H31N5OS. The first-order valence-electron chi connectivity index (χ1n) is 19.6. The van der Waals surface area contributed by atoms with Crippen molar-refractivity contribution in [3.63, 3.8) is 0 Å². The van der Waals surface area contributed by atoms with E-state index in [4.69, 9.17) is 24.4 Å². The lowest BCUT2D eigenvalue weighted by molar-refractivity contribution is 0.670. The quantitative estimate of drug-likeness (QED) is 0.168. The molecule has 0 saturated heterocycles. The Kier molecular flexibility index (Phi) is 7.61. The maximum Gasteiger partial charge on any atom is 0.164 e. The number of nitrogens with zero attached hydrogens (tertiary/aromatic N) is 5. The molecule has 59 heavy (non-hydrogen) atoms. The summed E-state index contributed by atoms with van der Waals surface area (Å²) in [7, 11) is 0. The number of imidazole rings is 1. The number of hydrogen-bond acceptors (Lipinski definition) is 6. The molecule has 6 nitrogen and oxygen atoms in total. The van der Waals surface area contributed by atoms with Crippen LogP contribution in [0.3, 0.4) is 0 Å². The summed E-state index contributed by atoms with van der Waals surface area (Å²) < 4.78 is 11.0. The van der Waals surface area contributed by atoms with Crippen molar-refractivity contribution < 1.29 is 4.42 Å². The van der Waals surface area contributed by atoms with E-state index in [1.807, 2.05) is 54.6 Å². The molecule has 0 amide bonds. The number of fused-ring (bicyclic) bond motifs is 7. The minimum absolute atomic E-state index is 0.598. The molecule has 0 atom stereocenters. The molecular weight excluding hydrogens is 743 g/mol. The largest absolute Gasteiger partial charge is 0.455 e. The van der Waals surface area contributed by atoms with Gasteiger partial charge >= 0.3 is 0 Å². The zero-order chi connectivity index (χ0) is 38.9. The van der Waals surface area contributed by atoms with Crippen molar-refractivity contribution in [2.45, 2.75) is 0 Å². The Morgan fingerprint density at radius 3 is 1.95 bits per heavy atom. The van der Waals surface area contributed by atoms with Crippen LogP contribution in [0.5, 0.6) is 0 Å². The second-order valence-electron chi connectivity index (χ2n) is 14.6. The summed E-state index contributed by atoms with van der Waals surface area (Å²) in [5.74, 6) is 2.74. The van der Waals surface area contributed by atoms with Gasteiger partial charge in [-0.1, -0.05) is 140 Å². The van der Waals surface area contributed by atoms with E-state index in [0.717, 1.165) is 98.0 Å². The zero-order valence-electron chi connectivity index (χ0n) is 31.5. The Labute approximate surface area is 342 Å². The highest BCUT2D eigenvalue weighted by Gasteiger charge is 2.22. The minimum atomic E-state index is 0.598. The molecule has 0 aliphatic heterocycles. The molecule has 0 spiro atoms. The van der Waals surface area contributed by atoms with Gasteiger partial charge in [0.1, 0.15) is 17.0 Å². The van der Waals surface area contributed by atoms with Crippen molar-refractivity contribution in [1.82, 2.24) is 24.5 Å². The SMILES string of the molecule is c1ccc(-c2nc(-c3cccc(-c4cccc5c4oc4ccccc45)c3)nc(-c3cccc4sc5c(-c6nc7ccccc7n6-c6ccccc6)cccc5c34)n2)cc1. The van der Waals surface area contributed by atoms with Gasteiger partial charge in [0.25, 0.3) is 0 Å². The molecule has 4 heterocycles. The second kappa shape index (κ2) is 13.4. The highest BCUT2D eigenvalue weighted by Crippen LogP contribution is 2.45. The van der Waals surface area contributed by atoms with Gasteiger partial charge in [-0.05, 0) is 54.1 Å². The molecule has 0 N–H and O–H groups in total. The Bertz CT molecular complexity index is 3570. The van der Waals surface area contributed by atoms with Crippen molar-refractivity contribution in [3.05, 3.63) is 188 Å². The van der Waals surface area contributed by atoms with Gasteiger partial charge in [-0.3, -0.25) is 4.57 Å². The van der Waals surface area contributed by atoms with Crippen LogP contribution in [0, 0.1) is 0 Å². The lowest BCUT2D eigenvalue weighted by Crippen LogP contribution is -2.00. The summed E-state index contributed by atoms with van der Waals surface area (Å²) in [4.78, 5) is 20.8. The average molecular weight is 774 g/mol. The normalized spacial score (nSPS) is 11.7. The van der Waals surface area contributed by atoms with Crippen LogP contribution >= 0.6 is 11.3 Å². The second-order valence-corrected chi connectivity index (χ2v) is 15.6. The maximum atomic E-state index is 6.44. The van der Waals surface area contributed by atoms with Crippen molar-refractivity contribution in [2.24, 2.45) is 0 Å².